The average Bonchev–Trinajstić information content (AvgIpc) is 2.85. The van der Waals surface area contributed by atoms with Crippen LogP contribution in [0.1, 0.15) is 18.1 Å². The van der Waals surface area contributed by atoms with E-state index in [2.05, 4.69) is 4.99 Å². The van der Waals surface area contributed by atoms with Gasteiger partial charge in [-0.15, -0.1) is 0 Å². The van der Waals surface area contributed by atoms with E-state index in [0.29, 0.717) is 11.1 Å². The lowest BCUT2D eigenvalue weighted by Gasteiger charge is -2.15. The van der Waals surface area contributed by atoms with E-state index in [1.807, 2.05) is 18.2 Å². The van der Waals surface area contributed by atoms with Crippen LogP contribution < -0.4 is 0 Å². The Morgan fingerprint density at radius 3 is 2.32 bits per heavy atom. The van der Waals surface area contributed by atoms with Crippen molar-refractivity contribution in [2.75, 3.05) is 0 Å². The van der Waals surface area contributed by atoms with Crippen LogP contribution in [0.4, 0.5) is 5.69 Å². The van der Waals surface area contributed by atoms with E-state index in [0.717, 1.165) is 0 Å². The summed E-state index contributed by atoms with van der Waals surface area (Å²) in [6.45, 7) is 1.63. The lowest BCUT2D eigenvalue weighted by atomic mass is 9.93. The summed E-state index contributed by atoms with van der Waals surface area (Å²) in [5.41, 5.74) is 0.0295. The number of aliphatic imine (C=N–C) groups is 1. The monoisotopic (exact) mass is 296 g/mol. The zero-order chi connectivity index (χ0) is 15.7. The van der Waals surface area contributed by atoms with Crippen molar-refractivity contribution in [3.05, 3.63) is 75.8 Å². The summed E-state index contributed by atoms with van der Waals surface area (Å²) < 4.78 is 5.27. The van der Waals surface area contributed by atoms with E-state index in [9.17, 15) is 14.9 Å². The Kier molecular flexibility index (Phi) is 3.21. The highest BCUT2D eigenvalue weighted by Gasteiger charge is 2.43. The summed E-state index contributed by atoms with van der Waals surface area (Å²) in [5, 5.41) is 10.7. The number of nitrogens with zero attached hydrogens (tertiary/aromatic N) is 2. The predicted octanol–water partition coefficient (Wildman–Crippen LogP) is 2.81. The number of hydrogen-bond acceptors (Lipinski definition) is 5. The van der Waals surface area contributed by atoms with Crippen LogP contribution in [0.5, 0.6) is 0 Å². The molecule has 0 aromatic heterocycles. The number of hydrogen-bond donors (Lipinski definition) is 0. The second-order valence-corrected chi connectivity index (χ2v) is 5.05. The van der Waals surface area contributed by atoms with Crippen molar-refractivity contribution in [3.63, 3.8) is 0 Å². The first-order valence-corrected chi connectivity index (χ1v) is 6.63. The lowest BCUT2D eigenvalue weighted by molar-refractivity contribution is -0.384. The molecule has 110 valence electrons. The molecule has 0 saturated heterocycles. The predicted molar refractivity (Wildman–Crippen MR) is 79.5 cm³/mol. The molecule has 0 fully saturated rings. The molecular weight excluding hydrogens is 284 g/mol. The van der Waals surface area contributed by atoms with Gasteiger partial charge in [-0.05, 0) is 36.8 Å². The second kappa shape index (κ2) is 5.07. The quantitative estimate of drug-likeness (QED) is 0.495. The molecule has 6 heteroatoms. The minimum Gasteiger partial charge on any atom is -0.405 e. The number of ether oxygens (including phenoxy) is 1. The molecule has 22 heavy (non-hydrogen) atoms. The van der Waals surface area contributed by atoms with Gasteiger partial charge < -0.3 is 4.74 Å². The van der Waals surface area contributed by atoms with E-state index in [-0.39, 0.29) is 11.6 Å². The number of rotatable bonds is 3. The van der Waals surface area contributed by atoms with Crippen molar-refractivity contribution in [2.45, 2.75) is 12.5 Å². The van der Waals surface area contributed by atoms with Crippen molar-refractivity contribution in [3.8, 4) is 0 Å². The summed E-state index contributed by atoms with van der Waals surface area (Å²) >= 11 is 0. The largest absolute Gasteiger partial charge is 0.405 e. The Bertz CT molecular complexity index is 768. The smallest absolute Gasteiger partial charge is 0.345 e. The highest BCUT2D eigenvalue weighted by Crippen LogP contribution is 2.33. The second-order valence-electron chi connectivity index (χ2n) is 5.05. The molecule has 6 nitrogen and oxygen atoms in total. The van der Waals surface area contributed by atoms with Gasteiger partial charge in [-0.3, -0.25) is 10.1 Å². The first kappa shape index (κ1) is 13.9. The third-order valence-electron chi connectivity index (χ3n) is 3.57. The molecule has 1 aliphatic heterocycles. The fraction of sp³-hybridized carbons (Fsp3) is 0.125. The first-order chi connectivity index (χ1) is 10.5. The Balaban J connectivity index is 1.99. The van der Waals surface area contributed by atoms with Gasteiger partial charge in [0.15, 0.2) is 5.54 Å². The van der Waals surface area contributed by atoms with Crippen LogP contribution in [0, 0.1) is 10.1 Å². The summed E-state index contributed by atoms with van der Waals surface area (Å²) in [7, 11) is 0. The maximum atomic E-state index is 12.2. The molecular formula is C16H12N2O4. The van der Waals surface area contributed by atoms with Crippen LogP contribution >= 0.6 is 0 Å². The minimum absolute atomic E-state index is 0.0361. The van der Waals surface area contributed by atoms with E-state index in [1.54, 1.807) is 19.1 Å². The molecule has 3 rings (SSSR count). The van der Waals surface area contributed by atoms with Gasteiger partial charge in [-0.2, -0.15) is 0 Å². The van der Waals surface area contributed by atoms with Crippen LogP contribution in [0.2, 0.25) is 0 Å². The van der Waals surface area contributed by atoms with Gasteiger partial charge in [0.05, 0.1) is 4.92 Å². The number of nitro benzene ring substituents is 1. The fourth-order valence-corrected chi connectivity index (χ4v) is 2.25. The zero-order valence-corrected chi connectivity index (χ0v) is 11.7. The van der Waals surface area contributed by atoms with Gasteiger partial charge in [0.2, 0.25) is 5.90 Å². The van der Waals surface area contributed by atoms with E-state index in [4.69, 9.17) is 4.74 Å². The fourth-order valence-electron chi connectivity index (χ4n) is 2.25. The van der Waals surface area contributed by atoms with Crippen molar-refractivity contribution in [2.24, 2.45) is 4.99 Å². The normalized spacial score (nSPS) is 20.4. The van der Waals surface area contributed by atoms with Gasteiger partial charge in [0.25, 0.3) is 5.69 Å². The first-order valence-electron chi connectivity index (χ1n) is 6.63. The standard InChI is InChI=1S/C16H12N2O4/c1-16(12-7-9-13(10-8-12)18(20)21)15(19)22-14(17-16)11-5-3-2-4-6-11/h2-10H,1H3. The van der Waals surface area contributed by atoms with Gasteiger partial charge in [0.1, 0.15) is 0 Å². The zero-order valence-electron chi connectivity index (χ0n) is 11.7. The van der Waals surface area contributed by atoms with Gasteiger partial charge >= 0.3 is 5.97 Å². The maximum Gasteiger partial charge on any atom is 0.345 e. The molecule has 0 aliphatic carbocycles. The molecule has 1 heterocycles. The third-order valence-corrected chi connectivity index (χ3v) is 3.57. The van der Waals surface area contributed by atoms with Crippen LogP contribution in [0.3, 0.4) is 0 Å². The number of carbonyl (C=O) groups is 1. The van der Waals surface area contributed by atoms with E-state index >= 15 is 0 Å². The minimum atomic E-state index is -1.19. The molecule has 0 radical (unpaired) electrons. The molecule has 0 spiro atoms. The Hall–Kier alpha value is -3.02. The Morgan fingerprint density at radius 2 is 1.73 bits per heavy atom. The number of esters is 1. The highest BCUT2D eigenvalue weighted by atomic mass is 16.6. The number of benzene rings is 2. The van der Waals surface area contributed by atoms with Crippen LogP contribution in [0.15, 0.2) is 59.6 Å². The molecule has 2 aromatic rings. The summed E-state index contributed by atoms with van der Waals surface area (Å²) in [4.78, 5) is 26.8. The van der Waals surface area contributed by atoms with Crippen LogP contribution in [0.25, 0.3) is 0 Å². The number of cyclic esters (lactones) is 1. The molecule has 1 aliphatic rings. The van der Waals surface area contributed by atoms with Crippen LogP contribution in [-0.2, 0) is 15.1 Å². The Morgan fingerprint density at radius 1 is 1.09 bits per heavy atom. The summed E-state index contributed by atoms with van der Waals surface area (Å²) in [6.07, 6.45) is 0. The lowest BCUT2D eigenvalue weighted by Crippen LogP contribution is -2.27. The van der Waals surface area contributed by atoms with Gasteiger partial charge in [0, 0.05) is 17.7 Å². The van der Waals surface area contributed by atoms with Crippen molar-refractivity contribution in [1.82, 2.24) is 0 Å². The average molecular weight is 296 g/mol. The van der Waals surface area contributed by atoms with Gasteiger partial charge in [-0.1, -0.05) is 18.2 Å². The molecule has 0 N–H and O–H groups in total. The molecule has 0 bridgehead atoms. The third kappa shape index (κ3) is 2.24. The Labute approximate surface area is 126 Å². The number of carbonyl (C=O) groups excluding carboxylic acids is 1. The molecule has 2 aromatic carbocycles. The molecule has 1 atom stereocenters. The molecule has 0 saturated carbocycles. The summed E-state index contributed by atoms with van der Waals surface area (Å²) in [6, 6.07) is 14.9. The SMILES string of the molecule is CC1(c2ccc([N+](=O)[O-])cc2)N=C(c2ccccc2)OC1=O. The molecule has 0 amide bonds. The highest BCUT2D eigenvalue weighted by molar-refractivity contribution is 6.08. The number of non-ortho nitro benzene ring substituents is 1. The van der Waals surface area contributed by atoms with E-state index in [1.165, 1.54) is 24.3 Å². The van der Waals surface area contributed by atoms with Crippen molar-refractivity contribution < 1.29 is 14.5 Å². The summed E-state index contributed by atoms with van der Waals surface area (Å²) in [5.74, 6) is -0.244. The maximum absolute atomic E-state index is 12.2. The topological polar surface area (TPSA) is 81.8 Å². The van der Waals surface area contributed by atoms with Crippen molar-refractivity contribution in [1.29, 1.82) is 0 Å². The number of nitro groups is 1. The van der Waals surface area contributed by atoms with E-state index < -0.39 is 16.4 Å². The van der Waals surface area contributed by atoms with Crippen LogP contribution in [-0.4, -0.2) is 16.8 Å². The van der Waals surface area contributed by atoms with Gasteiger partial charge in [-0.25, -0.2) is 9.79 Å². The molecule has 1 unspecified atom stereocenters. The van der Waals surface area contributed by atoms with Crippen molar-refractivity contribution >= 4 is 17.6 Å².